The molecule has 2 aliphatic heterocycles. The number of hydrogen-bond donors (Lipinski definition) is 9. The van der Waals surface area contributed by atoms with Crippen molar-refractivity contribution in [3.63, 3.8) is 0 Å². The summed E-state index contributed by atoms with van der Waals surface area (Å²) in [6, 6.07) is -0.919. The Bertz CT molecular complexity index is 1200. The molecule has 0 radical (unpaired) electrons. The van der Waals surface area contributed by atoms with E-state index < -0.39 is 86.8 Å². The Balaban J connectivity index is 1.88. The van der Waals surface area contributed by atoms with Crippen LogP contribution in [0.25, 0.3) is 0 Å². The van der Waals surface area contributed by atoms with E-state index in [-0.39, 0.29) is 18.9 Å². The molecule has 0 saturated carbocycles. The van der Waals surface area contributed by atoms with Crippen LogP contribution in [0, 0.1) is 0 Å². The topological polar surface area (TPSA) is 228 Å². The third-order valence-corrected chi connectivity index (χ3v) is 12.1. The monoisotopic (exact) mass is 900 g/mol. The van der Waals surface area contributed by atoms with Crippen LogP contribution in [-0.4, -0.2) is 140 Å². The van der Waals surface area contributed by atoms with E-state index in [2.05, 4.69) is 43.5 Å². The maximum Gasteiger partial charge on any atom is 0.220 e. The molecule has 63 heavy (non-hydrogen) atoms. The maximum absolute atomic E-state index is 13.1. The third-order valence-electron chi connectivity index (χ3n) is 12.1. The van der Waals surface area contributed by atoms with Gasteiger partial charge >= 0.3 is 0 Å². The zero-order valence-corrected chi connectivity index (χ0v) is 38.8. The molecule has 0 aromatic rings. The summed E-state index contributed by atoms with van der Waals surface area (Å²) in [7, 11) is 0. The van der Waals surface area contributed by atoms with E-state index in [0.717, 1.165) is 64.2 Å². The lowest BCUT2D eigenvalue weighted by Gasteiger charge is -2.46. The van der Waals surface area contributed by atoms with Crippen molar-refractivity contribution in [2.45, 2.75) is 248 Å². The van der Waals surface area contributed by atoms with Gasteiger partial charge in [-0.1, -0.05) is 159 Å². The van der Waals surface area contributed by atoms with E-state index in [1.54, 1.807) is 6.08 Å². The SMILES string of the molecule is CCCC/C=C\C/C=C\CCCCCCCC(=O)NC(COC1OC(CO)C(OC2OC(CO)C(O)C(O)C2O)C(O)C1O)C(O)/C=C/CCCCCCCCCCCCCCC. The highest BCUT2D eigenvalue weighted by molar-refractivity contribution is 5.76. The third kappa shape index (κ3) is 24.0. The van der Waals surface area contributed by atoms with Crippen LogP contribution < -0.4 is 5.32 Å². The summed E-state index contributed by atoms with van der Waals surface area (Å²) in [6.45, 7) is 2.72. The molecule has 2 heterocycles. The standard InChI is InChI=1S/C49H89NO13/c1-3-5-7-9-11-13-15-17-19-20-22-24-26-28-30-32-38(53)37(50-41(54)33-31-29-27-25-23-21-18-16-14-12-10-8-6-4-2)36-60-48-46(59)44(57)47(40(35-52)62-48)63-49-45(58)43(56)42(55)39(34-51)61-49/h10,12,16,18,30,32,37-40,42-49,51-53,55-59H,3-9,11,13-15,17,19-29,31,33-36H2,1-2H3,(H,50,54)/b12-10-,18-16-,32-30+. The van der Waals surface area contributed by atoms with Gasteiger partial charge in [-0.3, -0.25) is 4.79 Å². The Labute approximate surface area is 379 Å². The van der Waals surface area contributed by atoms with Crippen LogP contribution in [0.2, 0.25) is 0 Å². The van der Waals surface area contributed by atoms with Gasteiger partial charge in [0.05, 0.1) is 32.0 Å². The summed E-state index contributed by atoms with van der Waals surface area (Å²) in [6.07, 6.45) is 23.2. The average molecular weight is 900 g/mol. The quantitative estimate of drug-likeness (QED) is 0.0261. The van der Waals surface area contributed by atoms with Crippen molar-refractivity contribution in [1.29, 1.82) is 0 Å². The van der Waals surface area contributed by atoms with Crippen LogP contribution >= 0.6 is 0 Å². The van der Waals surface area contributed by atoms with Crippen LogP contribution in [0.4, 0.5) is 0 Å². The highest BCUT2D eigenvalue weighted by Crippen LogP contribution is 2.30. The second-order valence-electron chi connectivity index (χ2n) is 17.6. The van der Waals surface area contributed by atoms with Crippen molar-refractivity contribution in [2.24, 2.45) is 0 Å². The molecule has 14 nitrogen and oxygen atoms in total. The molecule has 2 fully saturated rings. The molecule has 9 N–H and O–H groups in total. The number of amides is 1. The molecule has 14 heteroatoms. The number of aliphatic hydroxyl groups excluding tert-OH is 8. The maximum atomic E-state index is 13.1. The summed E-state index contributed by atoms with van der Waals surface area (Å²) in [4.78, 5) is 13.1. The van der Waals surface area contributed by atoms with Gasteiger partial charge < -0.3 is 65.1 Å². The molecular formula is C49H89NO13. The Morgan fingerprint density at radius 1 is 0.571 bits per heavy atom. The molecule has 368 valence electrons. The van der Waals surface area contributed by atoms with E-state index >= 15 is 0 Å². The predicted molar refractivity (Wildman–Crippen MR) is 244 cm³/mol. The van der Waals surface area contributed by atoms with Crippen molar-refractivity contribution >= 4 is 5.91 Å². The van der Waals surface area contributed by atoms with Crippen molar-refractivity contribution in [3.8, 4) is 0 Å². The van der Waals surface area contributed by atoms with Gasteiger partial charge in [-0.25, -0.2) is 0 Å². The fourth-order valence-corrected chi connectivity index (χ4v) is 7.95. The summed E-state index contributed by atoms with van der Waals surface area (Å²) in [5.74, 6) is -0.256. The molecule has 0 aromatic heterocycles. The van der Waals surface area contributed by atoms with Crippen molar-refractivity contribution < 1.29 is 64.6 Å². The van der Waals surface area contributed by atoms with Gasteiger partial charge in [0.25, 0.3) is 0 Å². The summed E-state index contributed by atoms with van der Waals surface area (Å²) in [5, 5.41) is 86.6. The predicted octanol–water partition coefficient (Wildman–Crippen LogP) is 5.93. The molecule has 0 bridgehead atoms. The number of carbonyl (C=O) groups excluding carboxylic acids is 1. The van der Waals surface area contributed by atoms with Crippen LogP contribution in [0.1, 0.15) is 174 Å². The van der Waals surface area contributed by atoms with E-state index in [1.807, 2.05) is 6.08 Å². The first kappa shape index (κ1) is 57.3. The fourth-order valence-electron chi connectivity index (χ4n) is 7.95. The number of aliphatic hydroxyl groups is 8. The van der Waals surface area contributed by atoms with E-state index in [4.69, 9.17) is 18.9 Å². The Morgan fingerprint density at radius 3 is 1.63 bits per heavy atom. The van der Waals surface area contributed by atoms with Gasteiger partial charge in [-0.05, 0) is 44.9 Å². The van der Waals surface area contributed by atoms with Gasteiger partial charge in [-0.2, -0.15) is 0 Å². The minimum atomic E-state index is -1.79. The second kappa shape index (κ2) is 36.3. The fraction of sp³-hybridized carbons (Fsp3) is 0.857. The van der Waals surface area contributed by atoms with E-state index in [9.17, 15) is 45.6 Å². The number of unbranched alkanes of at least 4 members (excludes halogenated alkanes) is 20. The minimum Gasteiger partial charge on any atom is -0.394 e. The average Bonchev–Trinajstić information content (AvgIpc) is 3.28. The van der Waals surface area contributed by atoms with Crippen LogP contribution in [0.3, 0.4) is 0 Å². The number of rotatable bonds is 37. The first-order chi connectivity index (χ1) is 30.6. The number of carbonyl (C=O) groups is 1. The second-order valence-corrected chi connectivity index (χ2v) is 17.6. The number of allylic oxidation sites excluding steroid dienone is 5. The molecule has 0 aliphatic carbocycles. The lowest BCUT2D eigenvalue weighted by atomic mass is 9.97. The summed E-state index contributed by atoms with van der Waals surface area (Å²) < 4.78 is 22.7. The van der Waals surface area contributed by atoms with Gasteiger partial charge in [0, 0.05) is 6.42 Å². The zero-order valence-electron chi connectivity index (χ0n) is 38.8. The number of ether oxygens (including phenoxy) is 4. The molecule has 1 amide bonds. The smallest absolute Gasteiger partial charge is 0.220 e. The van der Waals surface area contributed by atoms with Crippen LogP contribution in [0.5, 0.6) is 0 Å². The first-order valence-electron chi connectivity index (χ1n) is 24.7. The highest BCUT2D eigenvalue weighted by atomic mass is 16.7. The normalized spacial score (nSPS) is 27.8. The molecule has 2 rings (SSSR count). The lowest BCUT2D eigenvalue weighted by molar-refractivity contribution is -0.359. The van der Waals surface area contributed by atoms with Crippen molar-refractivity contribution in [3.05, 3.63) is 36.5 Å². The van der Waals surface area contributed by atoms with Crippen molar-refractivity contribution in [1.82, 2.24) is 5.32 Å². The van der Waals surface area contributed by atoms with Crippen molar-refractivity contribution in [2.75, 3.05) is 19.8 Å². The molecule has 0 spiro atoms. The molecule has 0 aromatic carbocycles. The van der Waals surface area contributed by atoms with Gasteiger partial charge in [0.15, 0.2) is 12.6 Å². The van der Waals surface area contributed by atoms with Crippen LogP contribution in [0.15, 0.2) is 36.5 Å². The molecule has 2 aliphatic rings. The lowest BCUT2D eigenvalue weighted by Crippen LogP contribution is -2.65. The van der Waals surface area contributed by atoms with E-state index in [1.165, 1.54) is 83.5 Å². The zero-order chi connectivity index (χ0) is 46.1. The molecule has 2 saturated heterocycles. The van der Waals surface area contributed by atoms with Crippen LogP contribution in [-0.2, 0) is 23.7 Å². The summed E-state index contributed by atoms with van der Waals surface area (Å²) >= 11 is 0. The molecular weight excluding hydrogens is 811 g/mol. The first-order valence-corrected chi connectivity index (χ1v) is 24.7. The Morgan fingerprint density at radius 2 is 1.06 bits per heavy atom. The van der Waals surface area contributed by atoms with Gasteiger partial charge in [0.1, 0.15) is 48.8 Å². The van der Waals surface area contributed by atoms with E-state index in [0.29, 0.717) is 6.42 Å². The summed E-state index contributed by atoms with van der Waals surface area (Å²) in [5.41, 5.74) is 0. The largest absolute Gasteiger partial charge is 0.394 e. The Hall–Kier alpha value is -1.79. The van der Waals surface area contributed by atoms with Gasteiger partial charge in [0.2, 0.25) is 5.91 Å². The molecule has 12 unspecified atom stereocenters. The number of nitrogens with one attached hydrogen (secondary N) is 1. The molecule has 12 atom stereocenters. The number of hydrogen-bond acceptors (Lipinski definition) is 13. The Kier molecular flexibility index (Phi) is 33.1. The minimum absolute atomic E-state index is 0.256. The van der Waals surface area contributed by atoms with Gasteiger partial charge in [-0.15, -0.1) is 0 Å². The highest BCUT2D eigenvalue weighted by Gasteiger charge is 2.51.